The molecule has 0 unspecified atom stereocenters. The second-order valence-corrected chi connectivity index (χ2v) is 10.1. The standard InChI is InChI=1S/C27H37ClN4O2/c1-19(2)34-25-10-5-4-9-24(25)32-17-15-31(16-18-32)22-13-11-21(12-14-22)29-27(33)30-26-20(3)7-6-8-23(26)28/h4-10,19,21-22H,11-18H2,1-3H3,(H2,29,30,33)/t21-,22-. The van der Waals surface area contributed by atoms with E-state index in [0.717, 1.165) is 63.2 Å². The summed E-state index contributed by atoms with van der Waals surface area (Å²) in [5.41, 5.74) is 2.85. The Kier molecular flexibility index (Phi) is 8.22. The second kappa shape index (κ2) is 11.3. The van der Waals surface area contributed by atoms with E-state index in [1.165, 1.54) is 5.69 Å². The average molecular weight is 485 g/mol. The molecule has 1 saturated carbocycles. The minimum atomic E-state index is -0.171. The number of piperazine rings is 1. The summed E-state index contributed by atoms with van der Waals surface area (Å²) < 4.78 is 6.03. The van der Waals surface area contributed by atoms with E-state index in [4.69, 9.17) is 16.3 Å². The van der Waals surface area contributed by atoms with Gasteiger partial charge in [0.1, 0.15) is 5.75 Å². The first-order chi connectivity index (χ1) is 16.4. The molecule has 7 heteroatoms. The lowest BCUT2D eigenvalue weighted by atomic mass is 9.90. The van der Waals surface area contributed by atoms with Crippen molar-refractivity contribution >= 4 is 29.0 Å². The predicted octanol–water partition coefficient (Wildman–Crippen LogP) is 5.69. The summed E-state index contributed by atoms with van der Waals surface area (Å²) >= 11 is 6.24. The van der Waals surface area contributed by atoms with Gasteiger partial charge in [0, 0.05) is 38.3 Å². The number of rotatable bonds is 6. The van der Waals surface area contributed by atoms with Gasteiger partial charge in [-0.1, -0.05) is 35.9 Å². The van der Waals surface area contributed by atoms with Crippen LogP contribution >= 0.6 is 11.6 Å². The average Bonchev–Trinajstić information content (AvgIpc) is 2.82. The first-order valence-electron chi connectivity index (χ1n) is 12.5. The number of urea groups is 1. The van der Waals surface area contributed by atoms with Gasteiger partial charge in [-0.3, -0.25) is 4.90 Å². The van der Waals surface area contributed by atoms with Crippen LogP contribution < -0.4 is 20.3 Å². The van der Waals surface area contributed by atoms with Crippen LogP contribution in [0.4, 0.5) is 16.2 Å². The van der Waals surface area contributed by atoms with Gasteiger partial charge in [-0.25, -0.2) is 4.79 Å². The number of benzene rings is 2. The number of aryl methyl sites for hydroxylation is 1. The zero-order chi connectivity index (χ0) is 24.1. The van der Waals surface area contributed by atoms with Gasteiger partial charge in [-0.15, -0.1) is 0 Å². The van der Waals surface area contributed by atoms with Gasteiger partial charge < -0.3 is 20.3 Å². The van der Waals surface area contributed by atoms with Gasteiger partial charge in [-0.05, 0) is 70.2 Å². The van der Waals surface area contributed by atoms with Crippen molar-refractivity contribution in [2.24, 2.45) is 0 Å². The monoisotopic (exact) mass is 484 g/mol. The van der Waals surface area contributed by atoms with Gasteiger partial charge in [0.05, 0.1) is 22.5 Å². The third-order valence-corrected chi connectivity index (χ3v) is 7.21. The molecule has 2 fully saturated rings. The molecule has 2 aliphatic rings. The zero-order valence-corrected chi connectivity index (χ0v) is 21.3. The first kappa shape index (κ1) is 24.7. The highest BCUT2D eigenvalue weighted by Crippen LogP contribution is 2.31. The lowest BCUT2D eigenvalue weighted by Crippen LogP contribution is -2.52. The normalized spacial score (nSPS) is 21.4. The maximum absolute atomic E-state index is 12.5. The fourth-order valence-corrected chi connectivity index (χ4v) is 5.38. The van der Waals surface area contributed by atoms with Gasteiger partial charge in [0.2, 0.25) is 0 Å². The van der Waals surface area contributed by atoms with E-state index >= 15 is 0 Å². The number of para-hydroxylation sites is 3. The second-order valence-electron chi connectivity index (χ2n) is 9.69. The number of nitrogens with zero attached hydrogens (tertiary/aromatic N) is 2. The molecule has 0 radical (unpaired) electrons. The van der Waals surface area contributed by atoms with Crippen molar-refractivity contribution in [1.29, 1.82) is 0 Å². The van der Waals surface area contributed by atoms with Crippen molar-refractivity contribution in [3.63, 3.8) is 0 Å². The third kappa shape index (κ3) is 6.16. The topological polar surface area (TPSA) is 56.8 Å². The molecule has 0 atom stereocenters. The van der Waals surface area contributed by atoms with Crippen LogP contribution in [0.5, 0.6) is 5.75 Å². The summed E-state index contributed by atoms with van der Waals surface area (Å²) in [5.74, 6) is 0.975. The summed E-state index contributed by atoms with van der Waals surface area (Å²) in [6.07, 6.45) is 4.41. The van der Waals surface area contributed by atoms with E-state index < -0.39 is 0 Å². The van der Waals surface area contributed by atoms with Crippen LogP contribution in [-0.2, 0) is 0 Å². The number of nitrogens with one attached hydrogen (secondary N) is 2. The van der Waals surface area contributed by atoms with E-state index in [1.54, 1.807) is 6.07 Å². The van der Waals surface area contributed by atoms with Gasteiger partial charge in [0.25, 0.3) is 0 Å². The molecule has 6 nitrogen and oxygen atoms in total. The molecule has 1 aliphatic heterocycles. The SMILES string of the molecule is Cc1cccc(Cl)c1NC(=O)N[C@H]1CC[C@H](N2CCN(c3ccccc3OC(C)C)CC2)CC1. The molecule has 1 heterocycles. The van der Waals surface area contributed by atoms with Crippen LogP contribution in [0.3, 0.4) is 0 Å². The van der Waals surface area contributed by atoms with Crippen LogP contribution in [0.15, 0.2) is 42.5 Å². The van der Waals surface area contributed by atoms with Crippen LogP contribution in [0.1, 0.15) is 45.1 Å². The Bertz CT molecular complexity index is 947. The molecule has 0 bridgehead atoms. The van der Waals surface area contributed by atoms with Crippen LogP contribution in [-0.4, -0.2) is 55.3 Å². The summed E-state index contributed by atoms with van der Waals surface area (Å²) in [7, 11) is 0. The molecule has 0 spiro atoms. The van der Waals surface area contributed by atoms with Crippen LogP contribution in [0, 0.1) is 6.92 Å². The molecule has 1 aliphatic carbocycles. The quantitative estimate of drug-likeness (QED) is 0.553. The van der Waals surface area contributed by atoms with Crippen LogP contribution in [0.25, 0.3) is 0 Å². The Morgan fingerprint density at radius 3 is 2.38 bits per heavy atom. The summed E-state index contributed by atoms with van der Waals surface area (Å²) in [6, 6.07) is 14.6. The Hall–Kier alpha value is -2.44. The highest BCUT2D eigenvalue weighted by molar-refractivity contribution is 6.33. The summed E-state index contributed by atoms with van der Waals surface area (Å²) in [4.78, 5) is 17.6. The molecule has 184 valence electrons. The Balaban J connectivity index is 1.23. The highest BCUT2D eigenvalue weighted by atomic mass is 35.5. The third-order valence-electron chi connectivity index (χ3n) is 6.89. The molecule has 2 aromatic rings. The molecule has 2 amide bonds. The number of anilines is 2. The lowest BCUT2D eigenvalue weighted by Gasteiger charge is -2.43. The number of halogens is 1. The molecule has 0 aromatic heterocycles. The van der Waals surface area contributed by atoms with Gasteiger partial charge in [0.15, 0.2) is 0 Å². The predicted molar refractivity (Wildman–Crippen MR) is 140 cm³/mol. The number of hydrogen-bond acceptors (Lipinski definition) is 4. The van der Waals surface area contributed by atoms with Gasteiger partial charge >= 0.3 is 6.03 Å². The number of carbonyl (C=O) groups excluding carboxylic acids is 1. The van der Waals surface area contributed by atoms with E-state index in [0.29, 0.717) is 16.8 Å². The fourth-order valence-electron chi connectivity index (χ4n) is 5.11. The molecule has 4 rings (SSSR count). The van der Waals surface area contributed by atoms with Gasteiger partial charge in [-0.2, -0.15) is 0 Å². The smallest absolute Gasteiger partial charge is 0.319 e. The number of hydrogen-bond donors (Lipinski definition) is 2. The van der Waals surface area contributed by atoms with Crippen molar-refractivity contribution < 1.29 is 9.53 Å². The minimum Gasteiger partial charge on any atom is -0.489 e. The largest absolute Gasteiger partial charge is 0.489 e. The van der Waals surface area contributed by atoms with Crippen LogP contribution in [0.2, 0.25) is 5.02 Å². The number of carbonyl (C=O) groups is 1. The summed E-state index contributed by atoms with van der Waals surface area (Å²) in [5, 5.41) is 6.64. The van der Waals surface area contributed by atoms with E-state index in [-0.39, 0.29) is 18.2 Å². The highest BCUT2D eigenvalue weighted by Gasteiger charge is 2.29. The van der Waals surface area contributed by atoms with Crippen molar-refractivity contribution in [2.75, 3.05) is 36.4 Å². The molecule has 34 heavy (non-hydrogen) atoms. The van der Waals surface area contributed by atoms with E-state index in [2.05, 4.69) is 52.5 Å². The van der Waals surface area contributed by atoms with Crippen molar-refractivity contribution in [3.8, 4) is 5.75 Å². The molecule has 1 saturated heterocycles. The first-order valence-corrected chi connectivity index (χ1v) is 12.9. The Labute approximate surface area is 208 Å². The number of amides is 2. The number of ether oxygens (including phenoxy) is 1. The minimum absolute atomic E-state index is 0.169. The molecule has 2 N–H and O–H groups in total. The Morgan fingerprint density at radius 2 is 1.71 bits per heavy atom. The zero-order valence-electron chi connectivity index (χ0n) is 20.5. The van der Waals surface area contributed by atoms with Crippen molar-refractivity contribution in [2.45, 2.75) is 64.6 Å². The maximum Gasteiger partial charge on any atom is 0.319 e. The fraction of sp³-hybridized carbons (Fsp3) is 0.519. The van der Waals surface area contributed by atoms with E-state index in [9.17, 15) is 4.79 Å². The Morgan fingerprint density at radius 1 is 1.00 bits per heavy atom. The van der Waals surface area contributed by atoms with Crippen molar-refractivity contribution in [3.05, 3.63) is 53.1 Å². The molecular weight excluding hydrogens is 448 g/mol. The maximum atomic E-state index is 12.5. The molecular formula is C27H37ClN4O2. The van der Waals surface area contributed by atoms with Crippen molar-refractivity contribution in [1.82, 2.24) is 10.2 Å². The van der Waals surface area contributed by atoms with E-state index in [1.807, 2.05) is 25.1 Å². The lowest BCUT2D eigenvalue weighted by molar-refractivity contribution is 0.137. The summed E-state index contributed by atoms with van der Waals surface area (Å²) in [6.45, 7) is 10.2. The molecule has 2 aromatic carbocycles.